The summed E-state index contributed by atoms with van der Waals surface area (Å²) in [4.78, 5) is 5.28. The van der Waals surface area contributed by atoms with Gasteiger partial charge >= 0.3 is 0 Å². The molecule has 0 aliphatic carbocycles. The second-order valence-electron chi connectivity index (χ2n) is 7.31. The molecule has 3 nitrogen and oxygen atoms in total. The maximum Gasteiger partial charge on any atom is 0.0110 e. The summed E-state index contributed by atoms with van der Waals surface area (Å²) in [5.41, 5.74) is 0.418. The van der Waals surface area contributed by atoms with E-state index in [4.69, 9.17) is 0 Å². The van der Waals surface area contributed by atoms with E-state index < -0.39 is 0 Å². The molecule has 0 aromatic rings. The number of hydrogen-bond donors (Lipinski definition) is 1. The summed E-state index contributed by atoms with van der Waals surface area (Å²) in [5, 5.41) is 3.66. The van der Waals surface area contributed by atoms with Crippen molar-refractivity contribution in [1.29, 1.82) is 0 Å². The molecule has 0 saturated carbocycles. The van der Waals surface area contributed by atoms with Crippen LogP contribution in [-0.2, 0) is 0 Å². The fraction of sp³-hybridized carbons (Fsp3) is 1.00. The van der Waals surface area contributed by atoms with E-state index in [9.17, 15) is 0 Å². The summed E-state index contributed by atoms with van der Waals surface area (Å²) in [7, 11) is 0. The lowest BCUT2D eigenvalue weighted by Crippen LogP contribution is -2.51. The Balaban J connectivity index is 2.32. The largest absolute Gasteiger partial charge is 0.316 e. The zero-order valence-electron chi connectivity index (χ0n) is 14.5. The van der Waals surface area contributed by atoms with E-state index in [2.05, 4.69) is 49.7 Å². The van der Waals surface area contributed by atoms with Crippen LogP contribution in [-0.4, -0.2) is 62.2 Å². The molecule has 1 rings (SSSR count). The maximum absolute atomic E-state index is 3.66. The van der Waals surface area contributed by atoms with Crippen molar-refractivity contribution in [1.82, 2.24) is 15.1 Å². The lowest BCUT2D eigenvalue weighted by molar-refractivity contribution is 0.0879. The van der Waals surface area contributed by atoms with E-state index in [1.165, 1.54) is 52.1 Å². The van der Waals surface area contributed by atoms with Gasteiger partial charge in [-0.2, -0.15) is 0 Å². The van der Waals surface area contributed by atoms with Crippen molar-refractivity contribution < 1.29 is 0 Å². The standard InChI is InChI=1S/C17H37N3/c1-6-8-19-9-11-20(12-10-19)15-17(5,7-2)14-18-13-16(3)4/h16,18H,6-15H2,1-5H3. The molecule has 0 spiro atoms. The van der Waals surface area contributed by atoms with Crippen molar-refractivity contribution in [3.63, 3.8) is 0 Å². The van der Waals surface area contributed by atoms with Crippen molar-refractivity contribution in [2.24, 2.45) is 11.3 Å². The molecule has 0 aromatic heterocycles. The SMILES string of the molecule is CCCN1CCN(CC(C)(CC)CNCC(C)C)CC1. The van der Waals surface area contributed by atoms with Gasteiger partial charge in [0, 0.05) is 39.3 Å². The molecule has 1 fully saturated rings. The Morgan fingerprint density at radius 1 is 1.05 bits per heavy atom. The number of nitrogens with one attached hydrogen (secondary N) is 1. The van der Waals surface area contributed by atoms with Crippen LogP contribution in [0.2, 0.25) is 0 Å². The molecule has 1 aliphatic heterocycles. The van der Waals surface area contributed by atoms with E-state index in [1.807, 2.05) is 0 Å². The first-order valence-corrected chi connectivity index (χ1v) is 8.64. The third kappa shape index (κ3) is 6.55. The first-order valence-electron chi connectivity index (χ1n) is 8.64. The van der Waals surface area contributed by atoms with Gasteiger partial charge in [-0.3, -0.25) is 0 Å². The van der Waals surface area contributed by atoms with Crippen molar-refractivity contribution >= 4 is 0 Å². The zero-order valence-corrected chi connectivity index (χ0v) is 14.5. The van der Waals surface area contributed by atoms with Crippen molar-refractivity contribution in [3.05, 3.63) is 0 Å². The Labute approximate surface area is 127 Å². The van der Waals surface area contributed by atoms with Crippen LogP contribution >= 0.6 is 0 Å². The molecule has 1 saturated heterocycles. The summed E-state index contributed by atoms with van der Waals surface area (Å²) in [6.45, 7) is 21.4. The number of piperazine rings is 1. The Kier molecular flexibility index (Phi) is 8.08. The Hall–Kier alpha value is -0.120. The summed E-state index contributed by atoms with van der Waals surface area (Å²) in [5.74, 6) is 0.744. The first kappa shape index (κ1) is 17.9. The average Bonchev–Trinajstić information content (AvgIpc) is 2.41. The molecule has 0 bridgehead atoms. The highest BCUT2D eigenvalue weighted by Gasteiger charge is 2.27. The van der Waals surface area contributed by atoms with E-state index >= 15 is 0 Å². The van der Waals surface area contributed by atoms with Gasteiger partial charge in [0.2, 0.25) is 0 Å². The summed E-state index contributed by atoms with van der Waals surface area (Å²) in [6.07, 6.45) is 2.54. The quantitative estimate of drug-likeness (QED) is 0.702. The van der Waals surface area contributed by atoms with Crippen LogP contribution in [0.4, 0.5) is 0 Å². The van der Waals surface area contributed by atoms with Gasteiger partial charge in [-0.25, -0.2) is 0 Å². The van der Waals surface area contributed by atoms with Gasteiger partial charge in [-0.15, -0.1) is 0 Å². The molecule has 1 unspecified atom stereocenters. The monoisotopic (exact) mass is 283 g/mol. The lowest BCUT2D eigenvalue weighted by atomic mass is 9.86. The Bertz CT molecular complexity index is 247. The topological polar surface area (TPSA) is 18.5 Å². The van der Waals surface area contributed by atoms with Gasteiger partial charge in [0.25, 0.3) is 0 Å². The van der Waals surface area contributed by atoms with Crippen LogP contribution < -0.4 is 5.32 Å². The molecule has 120 valence electrons. The minimum Gasteiger partial charge on any atom is -0.316 e. The first-order chi connectivity index (χ1) is 9.49. The minimum absolute atomic E-state index is 0.418. The van der Waals surface area contributed by atoms with Gasteiger partial charge in [0.05, 0.1) is 0 Å². The van der Waals surface area contributed by atoms with Crippen LogP contribution in [0.15, 0.2) is 0 Å². The van der Waals surface area contributed by atoms with Gasteiger partial charge < -0.3 is 15.1 Å². The number of hydrogen-bond acceptors (Lipinski definition) is 3. The fourth-order valence-corrected chi connectivity index (χ4v) is 2.98. The smallest absolute Gasteiger partial charge is 0.0110 e. The predicted molar refractivity (Wildman–Crippen MR) is 89.3 cm³/mol. The summed E-state index contributed by atoms with van der Waals surface area (Å²) < 4.78 is 0. The molecule has 0 aromatic carbocycles. The second-order valence-corrected chi connectivity index (χ2v) is 7.31. The maximum atomic E-state index is 3.66. The highest BCUT2D eigenvalue weighted by Crippen LogP contribution is 2.22. The number of nitrogens with zero attached hydrogens (tertiary/aromatic N) is 2. The van der Waals surface area contributed by atoms with E-state index in [-0.39, 0.29) is 0 Å². The van der Waals surface area contributed by atoms with Gasteiger partial charge in [-0.1, -0.05) is 34.6 Å². The predicted octanol–water partition coefficient (Wildman–Crippen LogP) is 2.68. The molecule has 20 heavy (non-hydrogen) atoms. The molecule has 0 amide bonds. The second kappa shape index (κ2) is 9.01. The molecule has 1 heterocycles. The van der Waals surface area contributed by atoms with Crippen LogP contribution in [0.5, 0.6) is 0 Å². The van der Waals surface area contributed by atoms with E-state index in [1.54, 1.807) is 0 Å². The Morgan fingerprint density at radius 3 is 2.15 bits per heavy atom. The van der Waals surface area contributed by atoms with Gasteiger partial charge in [-0.05, 0) is 37.3 Å². The molecular formula is C17H37N3. The highest BCUT2D eigenvalue weighted by molar-refractivity contribution is 4.82. The third-order valence-corrected chi connectivity index (χ3v) is 4.57. The average molecular weight is 284 g/mol. The van der Waals surface area contributed by atoms with Crippen LogP contribution in [0, 0.1) is 11.3 Å². The van der Waals surface area contributed by atoms with Gasteiger partial charge in [0.1, 0.15) is 0 Å². The number of rotatable bonds is 9. The molecule has 1 N–H and O–H groups in total. The fourth-order valence-electron chi connectivity index (χ4n) is 2.98. The van der Waals surface area contributed by atoms with Crippen LogP contribution in [0.1, 0.15) is 47.5 Å². The molecule has 3 heteroatoms. The molecular weight excluding hydrogens is 246 g/mol. The lowest BCUT2D eigenvalue weighted by Gasteiger charge is -2.40. The van der Waals surface area contributed by atoms with Crippen LogP contribution in [0.25, 0.3) is 0 Å². The molecule has 0 radical (unpaired) electrons. The molecule has 1 aliphatic rings. The van der Waals surface area contributed by atoms with E-state index in [0.717, 1.165) is 19.0 Å². The Morgan fingerprint density at radius 2 is 1.65 bits per heavy atom. The van der Waals surface area contributed by atoms with Crippen molar-refractivity contribution in [3.8, 4) is 0 Å². The summed E-state index contributed by atoms with van der Waals surface area (Å²) >= 11 is 0. The summed E-state index contributed by atoms with van der Waals surface area (Å²) in [6, 6.07) is 0. The van der Waals surface area contributed by atoms with Crippen LogP contribution in [0.3, 0.4) is 0 Å². The normalized spacial score (nSPS) is 21.3. The zero-order chi connectivity index (χ0) is 15.0. The van der Waals surface area contributed by atoms with E-state index in [0.29, 0.717) is 5.41 Å². The van der Waals surface area contributed by atoms with Gasteiger partial charge in [0.15, 0.2) is 0 Å². The van der Waals surface area contributed by atoms with Crippen molar-refractivity contribution in [2.75, 3.05) is 52.4 Å². The third-order valence-electron chi connectivity index (χ3n) is 4.57. The highest BCUT2D eigenvalue weighted by atomic mass is 15.3. The minimum atomic E-state index is 0.418. The molecule has 1 atom stereocenters. The van der Waals surface area contributed by atoms with Crippen molar-refractivity contribution in [2.45, 2.75) is 47.5 Å².